The third kappa shape index (κ3) is 3.56. The quantitative estimate of drug-likeness (QED) is 0.750. The van der Waals surface area contributed by atoms with Gasteiger partial charge in [-0.2, -0.15) is 5.10 Å². The standard InChI is InChI=1S/C21H22N4O2/c1-14-9-10-18-17(12-14)19(24-23-18)21(27)25-11-5-6-15(13-25)20(26)22-16-7-3-2-4-8-16/h2-4,7-10,12,15H,5-6,11,13H2,1H3,(H,22,26)(H,23,24). The van der Waals surface area contributed by atoms with Crippen LogP contribution in [0.3, 0.4) is 0 Å². The number of hydrogen-bond acceptors (Lipinski definition) is 3. The van der Waals surface area contributed by atoms with Crippen molar-refractivity contribution in [3.8, 4) is 0 Å². The van der Waals surface area contributed by atoms with Crippen LogP contribution < -0.4 is 5.32 Å². The summed E-state index contributed by atoms with van der Waals surface area (Å²) in [7, 11) is 0. The Labute approximate surface area is 157 Å². The van der Waals surface area contributed by atoms with Gasteiger partial charge in [-0.15, -0.1) is 0 Å². The number of H-pyrrole nitrogens is 1. The zero-order valence-electron chi connectivity index (χ0n) is 15.2. The molecule has 1 fully saturated rings. The largest absolute Gasteiger partial charge is 0.336 e. The molecule has 1 aliphatic rings. The van der Waals surface area contributed by atoms with Gasteiger partial charge in [-0.1, -0.05) is 29.8 Å². The number of anilines is 1. The number of aryl methyl sites for hydroxylation is 1. The van der Waals surface area contributed by atoms with Crippen LogP contribution in [0.4, 0.5) is 5.69 Å². The van der Waals surface area contributed by atoms with Gasteiger partial charge in [-0.25, -0.2) is 0 Å². The van der Waals surface area contributed by atoms with Gasteiger partial charge in [-0.3, -0.25) is 14.7 Å². The van der Waals surface area contributed by atoms with Gasteiger partial charge in [0.05, 0.1) is 11.4 Å². The normalized spacial score (nSPS) is 17.1. The van der Waals surface area contributed by atoms with Gasteiger partial charge < -0.3 is 10.2 Å². The van der Waals surface area contributed by atoms with Crippen molar-refractivity contribution in [2.24, 2.45) is 5.92 Å². The molecule has 6 heteroatoms. The van der Waals surface area contributed by atoms with E-state index >= 15 is 0 Å². The predicted molar refractivity (Wildman–Crippen MR) is 105 cm³/mol. The lowest BCUT2D eigenvalue weighted by molar-refractivity contribution is -0.121. The molecule has 1 unspecified atom stereocenters. The highest BCUT2D eigenvalue weighted by atomic mass is 16.2. The van der Waals surface area contributed by atoms with Crippen LogP contribution in [0.15, 0.2) is 48.5 Å². The minimum Gasteiger partial charge on any atom is -0.336 e. The zero-order valence-corrected chi connectivity index (χ0v) is 15.2. The highest BCUT2D eigenvalue weighted by molar-refractivity contribution is 6.05. The van der Waals surface area contributed by atoms with E-state index < -0.39 is 0 Å². The van der Waals surface area contributed by atoms with Crippen molar-refractivity contribution in [3.05, 3.63) is 59.8 Å². The summed E-state index contributed by atoms with van der Waals surface area (Å²) in [6, 6.07) is 15.3. The van der Waals surface area contributed by atoms with Gasteiger partial charge in [0.2, 0.25) is 5.91 Å². The number of piperidine rings is 1. The third-order valence-electron chi connectivity index (χ3n) is 5.04. The zero-order chi connectivity index (χ0) is 18.8. The number of rotatable bonds is 3. The highest BCUT2D eigenvalue weighted by Crippen LogP contribution is 2.23. The second-order valence-corrected chi connectivity index (χ2v) is 7.07. The Morgan fingerprint density at radius 3 is 2.81 bits per heavy atom. The molecule has 2 N–H and O–H groups in total. The number of para-hydroxylation sites is 1. The molecule has 1 atom stereocenters. The molecule has 0 spiro atoms. The number of amides is 2. The summed E-state index contributed by atoms with van der Waals surface area (Å²) in [5.74, 6) is -0.375. The van der Waals surface area contributed by atoms with Crippen molar-refractivity contribution < 1.29 is 9.59 Å². The molecule has 6 nitrogen and oxygen atoms in total. The smallest absolute Gasteiger partial charge is 0.275 e. The van der Waals surface area contributed by atoms with Crippen LogP contribution in [-0.2, 0) is 4.79 Å². The molecule has 3 aromatic rings. The van der Waals surface area contributed by atoms with Crippen LogP contribution in [0, 0.1) is 12.8 Å². The first kappa shape index (κ1) is 17.3. The molecule has 1 aliphatic heterocycles. The first-order valence-electron chi connectivity index (χ1n) is 9.22. The van der Waals surface area contributed by atoms with Gasteiger partial charge in [0, 0.05) is 24.2 Å². The number of carbonyl (C=O) groups excluding carboxylic acids is 2. The predicted octanol–water partition coefficient (Wildman–Crippen LogP) is 3.36. The van der Waals surface area contributed by atoms with Crippen molar-refractivity contribution in [1.82, 2.24) is 15.1 Å². The Morgan fingerprint density at radius 2 is 2.00 bits per heavy atom. The molecule has 0 radical (unpaired) electrons. The summed E-state index contributed by atoms with van der Waals surface area (Å²) < 4.78 is 0. The molecule has 0 aliphatic carbocycles. The average Bonchev–Trinajstić information content (AvgIpc) is 3.11. The summed E-state index contributed by atoms with van der Waals surface area (Å²) in [5.41, 5.74) is 3.13. The first-order chi connectivity index (χ1) is 13.1. The fourth-order valence-corrected chi connectivity index (χ4v) is 3.58. The van der Waals surface area contributed by atoms with E-state index in [-0.39, 0.29) is 17.7 Å². The van der Waals surface area contributed by atoms with E-state index in [9.17, 15) is 9.59 Å². The number of nitrogens with zero attached hydrogens (tertiary/aromatic N) is 2. The van der Waals surface area contributed by atoms with Crippen LogP contribution in [0.2, 0.25) is 0 Å². The Kier molecular flexibility index (Phi) is 4.62. The van der Waals surface area contributed by atoms with E-state index in [1.165, 1.54) is 0 Å². The van der Waals surface area contributed by atoms with Crippen LogP contribution in [0.1, 0.15) is 28.9 Å². The molecular formula is C21H22N4O2. The molecule has 1 aromatic heterocycles. The monoisotopic (exact) mass is 362 g/mol. The molecule has 0 bridgehead atoms. The maximum atomic E-state index is 13.0. The number of aromatic amines is 1. The molecule has 4 rings (SSSR count). The molecule has 2 heterocycles. The fraction of sp³-hybridized carbons (Fsp3) is 0.286. The second kappa shape index (κ2) is 7.23. The van der Waals surface area contributed by atoms with Crippen molar-refractivity contribution >= 4 is 28.4 Å². The van der Waals surface area contributed by atoms with Gasteiger partial charge in [0.1, 0.15) is 0 Å². The van der Waals surface area contributed by atoms with Crippen LogP contribution >= 0.6 is 0 Å². The topological polar surface area (TPSA) is 78.1 Å². The number of fused-ring (bicyclic) bond motifs is 1. The molecule has 27 heavy (non-hydrogen) atoms. The average molecular weight is 362 g/mol. The third-order valence-corrected chi connectivity index (χ3v) is 5.04. The Morgan fingerprint density at radius 1 is 1.19 bits per heavy atom. The van der Waals surface area contributed by atoms with Gasteiger partial charge in [-0.05, 0) is 44.0 Å². The van der Waals surface area contributed by atoms with Crippen molar-refractivity contribution in [1.29, 1.82) is 0 Å². The van der Waals surface area contributed by atoms with Crippen molar-refractivity contribution in [2.75, 3.05) is 18.4 Å². The summed E-state index contributed by atoms with van der Waals surface area (Å²) in [4.78, 5) is 27.4. The van der Waals surface area contributed by atoms with E-state index in [1.807, 2.05) is 55.5 Å². The van der Waals surface area contributed by atoms with Gasteiger partial charge >= 0.3 is 0 Å². The maximum Gasteiger partial charge on any atom is 0.275 e. The lowest BCUT2D eigenvalue weighted by Gasteiger charge is -2.31. The number of benzene rings is 2. The minimum atomic E-state index is -0.213. The molecule has 2 amide bonds. The van der Waals surface area contributed by atoms with E-state index in [0.29, 0.717) is 18.8 Å². The summed E-state index contributed by atoms with van der Waals surface area (Å²) in [6.07, 6.45) is 1.59. The van der Waals surface area contributed by atoms with Crippen molar-refractivity contribution in [2.45, 2.75) is 19.8 Å². The number of hydrogen-bond donors (Lipinski definition) is 2. The Hall–Kier alpha value is -3.15. The molecular weight excluding hydrogens is 340 g/mol. The SMILES string of the molecule is Cc1ccc2[nH]nc(C(=O)N3CCCC(C(=O)Nc4ccccc4)C3)c2c1. The number of aromatic nitrogens is 2. The number of likely N-dealkylation sites (tertiary alicyclic amines) is 1. The van der Waals surface area contributed by atoms with Crippen LogP contribution in [-0.4, -0.2) is 40.0 Å². The van der Waals surface area contributed by atoms with E-state index in [0.717, 1.165) is 35.0 Å². The van der Waals surface area contributed by atoms with Crippen molar-refractivity contribution in [3.63, 3.8) is 0 Å². The van der Waals surface area contributed by atoms with Crippen LogP contribution in [0.25, 0.3) is 10.9 Å². The van der Waals surface area contributed by atoms with E-state index in [4.69, 9.17) is 0 Å². The Bertz CT molecular complexity index is 980. The summed E-state index contributed by atoms with van der Waals surface area (Å²) in [6.45, 7) is 3.05. The van der Waals surface area contributed by atoms with E-state index in [1.54, 1.807) is 4.90 Å². The molecule has 0 saturated carbocycles. The second-order valence-electron chi connectivity index (χ2n) is 7.07. The van der Waals surface area contributed by atoms with Crippen LogP contribution in [0.5, 0.6) is 0 Å². The lowest BCUT2D eigenvalue weighted by Crippen LogP contribution is -2.44. The molecule has 1 saturated heterocycles. The summed E-state index contributed by atoms with van der Waals surface area (Å²) >= 11 is 0. The Balaban J connectivity index is 1.49. The molecule has 138 valence electrons. The fourth-order valence-electron chi connectivity index (χ4n) is 3.58. The number of carbonyl (C=O) groups is 2. The minimum absolute atomic E-state index is 0.0403. The first-order valence-corrected chi connectivity index (χ1v) is 9.22. The molecule has 2 aromatic carbocycles. The summed E-state index contributed by atoms with van der Waals surface area (Å²) in [5, 5.41) is 10.9. The maximum absolute atomic E-state index is 13.0. The van der Waals surface area contributed by atoms with Gasteiger partial charge in [0.15, 0.2) is 5.69 Å². The van der Waals surface area contributed by atoms with E-state index in [2.05, 4.69) is 15.5 Å². The number of nitrogens with one attached hydrogen (secondary N) is 2. The van der Waals surface area contributed by atoms with Gasteiger partial charge in [0.25, 0.3) is 5.91 Å². The lowest BCUT2D eigenvalue weighted by atomic mass is 9.96. The highest BCUT2D eigenvalue weighted by Gasteiger charge is 2.30.